The number of piperidine rings is 1. The Hall–Kier alpha value is -0.770. The Labute approximate surface area is 86.8 Å². The molecule has 4 nitrogen and oxygen atoms in total. The van der Waals surface area contributed by atoms with E-state index >= 15 is 0 Å². The summed E-state index contributed by atoms with van der Waals surface area (Å²) in [5, 5.41) is 8.65. The van der Waals surface area contributed by atoms with Gasteiger partial charge in [0.25, 0.3) is 0 Å². The van der Waals surface area contributed by atoms with Crippen molar-refractivity contribution >= 4 is 6.03 Å². The Morgan fingerprint density at radius 3 is 2.43 bits per heavy atom. The monoisotopic (exact) mass is 201 g/mol. The second-order valence-corrected chi connectivity index (χ2v) is 3.15. The van der Waals surface area contributed by atoms with Crippen LogP contribution >= 0.6 is 0 Å². The van der Waals surface area contributed by atoms with Gasteiger partial charge in [0.1, 0.15) is 0 Å². The highest BCUT2D eigenvalue weighted by atomic mass is 16.2. The third-order valence-corrected chi connectivity index (χ3v) is 2.24. The van der Waals surface area contributed by atoms with Crippen molar-refractivity contribution in [3.63, 3.8) is 0 Å². The summed E-state index contributed by atoms with van der Waals surface area (Å²) in [6, 6.07) is -0.0754. The van der Waals surface area contributed by atoms with Gasteiger partial charge >= 0.3 is 6.03 Å². The average Bonchev–Trinajstić information content (AvgIpc) is 2.30. The maximum atomic E-state index is 10.8. The van der Waals surface area contributed by atoms with Gasteiger partial charge in [0.15, 0.2) is 0 Å². The van der Waals surface area contributed by atoms with Gasteiger partial charge in [-0.15, -0.1) is 0 Å². The van der Waals surface area contributed by atoms with Crippen molar-refractivity contribution in [1.29, 1.82) is 0 Å². The second-order valence-electron chi connectivity index (χ2n) is 3.15. The first-order valence-corrected chi connectivity index (χ1v) is 5.49. The Balaban J connectivity index is 0.000000791. The predicted molar refractivity (Wildman–Crippen MR) is 59.4 cm³/mol. The number of carbonyl (C=O) groups is 1. The van der Waals surface area contributed by atoms with Crippen LogP contribution in [0.2, 0.25) is 0 Å². The van der Waals surface area contributed by atoms with Crippen LogP contribution < -0.4 is 16.0 Å². The van der Waals surface area contributed by atoms with E-state index in [0.29, 0.717) is 5.92 Å². The molecule has 1 aliphatic rings. The van der Waals surface area contributed by atoms with Crippen molar-refractivity contribution in [1.82, 2.24) is 16.0 Å². The first kappa shape index (κ1) is 13.2. The topological polar surface area (TPSA) is 53.2 Å². The highest BCUT2D eigenvalue weighted by Crippen LogP contribution is 2.09. The largest absolute Gasteiger partial charge is 0.341 e. The van der Waals surface area contributed by atoms with Crippen molar-refractivity contribution in [2.45, 2.75) is 26.7 Å². The molecule has 0 spiro atoms. The molecule has 1 fully saturated rings. The third-order valence-electron chi connectivity index (χ3n) is 2.24. The van der Waals surface area contributed by atoms with Gasteiger partial charge in [-0.25, -0.2) is 4.79 Å². The molecule has 0 bridgehead atoms. The summed E-state index contributed by atoms with van der Waals surface area (Å²) in [4.78, 5) is 10.8. The minimum absolute atomic E-state index is 0.0754. The Bertz CT molecular complexity index is 144. The normalized spacial score (nSPS) is 16.5. The number of carbonyl (C=O) groups excluding carboxylic acids is 1. The molecule has 1 heterocycles. The molecule has 0 unspecified atom stereocenters. The SMILES string of the molecule is CC.CNC(=O)NCC1CCNCC1. The molecular formula is C10H23N3O. The third kappa shape index (κ3) is 5.80. The number of amides is 2. The molecule has 3 N–H and O–H groups in total. The van der Waals surface area contributed by atoms with E-state index in [0.717, 1.165) is 19.6 Å². The zero-order valence-electron chi connectivity index (χ0n) is 9.52. The van der Waals surface area contributed by atoms with Gasteiger partial charge in [-0.1, -0.05) is 13.8 Å². The van der Waals surface area contributed by atoms with Gasteiger partial charge < -0.3 is 16.0 Å². The quantitative estimate of drug-likeness (QED) is 0.623. The summed E-state index contributed by atoms with van der Waals surface area (Å²) < 4.78 is 0. The average molecular weight is 201 g/mol. The lowest BCUT2D eigenvalue weighted by Crippen LogP contribution is -2.39. The molecule has 1 aliphatic heterocycles. The molecular weight excluding hydrogens is 178 g/mol. The summed E-state index contributed by atoms with van der Waals surface area (Å²) in [6.07, 6.45) is 2.34. The van der Waals surface area contributed by atoms with Crippen molar-refractivity contribution < 1.29 is 4.79 Å². The standard InChI is InChI=1S/C8H17N3O.C2H6/c1-9-8(12)11-6-7-2-4-10-5-3-7;1-2/h7,10H,2-6H2,1H3,(H2,9,11,12);1-2H3. The number of urea groups is 1. The predicted octanol–water partition coefficient (Wildman–Crippen LogP) is 0.941. The maximum Gasteiger partial charge on any atom is 0.314 e. The maximum absolute atomic E-state index is 10.8. The summed E-state index contributed by atoms with van der Waals surface area (Å²) >= 11 is 0. The lowest BCUT2D eigenvalue weighted by atomic mass is 9.98. The van der Waals surface area contributed by atoms with E-state index < -0.39 is 0 Å². The molecule has 1 saturated heterocycles. The van der Waals surface area contributed by atoms with E-state index in [1.807, 2.05) is 13.8 Å². The minimum Gasteiger partial charge on any atom is -0.341 e. The number of rotatable bonds is 2. The van der Waals surface area contributed by atoms with E-state index in [1.165, 1.54) is 12.8 Å². The zero-order valence-corrected chi connectivity index (χ0v) is 9.52. The smallest absolute Gasteiger partial charge is 0.314 e. The molecule has 14 heavy (non-hydrogen) atoms. The Morgan fingerprint density at radius 1 is 1.36 bits per heavy atom. The minimum atomic E-state index is -0.0754. The highest BCUT2D eigenvalue weighted by molar-refractivity contribution is 5.73. The van der Waals surface area contributed by atoms with Gasteiger partial charge in [-0.2, -0.15) is 0 Å². The van der Waals surface area contributed by atoms with Crippen LogP contribution in [0.25, 0.3) is 0 Å². The van der Waals surface area contributed by atoms with Crippen molar-refractivity contribution in [3.8, 4) is 0 Å². The van der Waals surface area contributed by atoms with Gasteiger partial charge in [0.05, 0.1) is 0 Å². The molecule has 1 rings (SSSR count). The van der Waals surface area contributed by atoms with Crippen LogP contribution in [-0.2, 0) is 0 Å². The molecule has 0 aliphatic carbocycles. The molecule has 0 aromatic rings. The molecule has 2 amide bonds. The van der Waals surface area contributed by atoms with E-state index in [1.54, 1.807) is 7.05 Å². The van der Waals surface area contributed by atoms with Gasteiger partial charge in [0, 0.05) is 13.6 Å². The molecule has 0 aromatic carbocycles. The van der Waals surface area contributed by atoms with Gasteiger partial charge in [0.2, 0.25) is 0 Å². The first-order chi connectivity index (χ1) is 6.83. The highest BCUT2D eigenvalue weighted by Gasteiger charge is 2.12. The lowest BCUT2D eigenvalue weighted by molar-refractivity contribution is 0.239. The summed E-state index contributed by atoms with van der Waals surface area (Å²) in [5.41, 5.74) is 0. The molecule has 84 valence electrons. The summed E-state index contributed by atoms with van der Waals surface area (Å²) in [5.74, 6) is 0.656. The van der Waals surface area contributed by atoms with E-state index in [4.69, 9.17) is 0 Å². The van der Waals surface area contributed by atoms with Crippen LogP contribution in [0.15, 0.2) is 0 Å². The van der Waals surface area contributed by atoms with Gasteiger partial charge in [-0.05, 0) is 31.8 Å². The number of nitrogens with one attached hydrogen (secondary N) is 3. The molecule has 4 heteroatoms. The van der Waals surface area contributed by atoms with E-state index in [9.17, 15) is 4.79 Å². The first-order valence-electron chi connectivity index (χ1n) is 5.49. The zero-order chi connectivity index (χ0) is 10.8. The summed E-state index contributed by atoms with van der Waals surface area (Å²) in [6.45, 7) is 6.97. The fourth-order valence-electron chi connectivity index (χ4n) is 1.41. The molecule has 0 radical (unpaired) electrons. The lowest BCUT2D eigenvalue weighted by Gasteiger charge is -2.22. The van der Waals surface area contributed by atoms with Crippen LogP contribution in [0.1, 0.15) is 26.7 Å². The van der Waals surface area contributed by atoms with Crippen LogP contribution in [0, 0.1) is 5.92 Å². The molecule has 0 aromatic heterocycles. The van der Waals surface area contributed by atoms with Crippen molar-refractivity contribution in [2.24, 2.45) is 5.92 Å². The van der Waals surface area contributed by atoms with Crippen LogP contribution in [0.3, 0.4) is 0 Å². The van der Waals surface area contributed by atoms with Gasteiger partial charge in [-0.3, -0.25) is 0 Å². The van der Waals surface area contributed by atoms with Crippen LogP contribution in [0.5, 0.6) is 0 Å². The number of hydrogen-bond donors (Lipinski definition) is 3. The summed E-state index contributed by atoms with van der Waals surface area (Å²) in [7, 11) is 1.64. The Morgan fingerprint density at radius 2 is 1.93 bits per heavy atom. The molecule has 0 atom stereocenters. The van der Waals surface area contributed by atoms with E-state index in [-0.39, 0.29) is 6.03 Å². The second kappa shape index (κ2) is 8.81. The van der Waals surface area contributed by atoms with Crippen molar-refractivity contribution in [3.05, 3.63) is 0 Å². The fourth-order valence-corrected chi connectivity index (χ4v) is 1.41. The van der Waals surface area contributed by atoms with Crippen molar-refractivity contribution in [2.75, 3.05) is 26.7 Å². The Kier molecular flexibility index (Phi) is 8.33. The van der Waals surface area contributed by atoms with E-state index in [2.05, 4.69) is 16.0 Å². The number of hydrogen-bond acceptors (Lipinski definition) is 2. The molecule has 0 saturated carbocycles. The van der Waals surface area contributed by atoms with Crippen LogP contribution in [0.4, 0.5) is 4.79 Å². The van der Waals surface area contributed by atoms with Crippen LogP contribution in [-0.4, -0.2) is 32.7 Å². The fraction of sp³-hybridized carbons (Fsp3) is 0.900.